The van der Waals surface area contributed by atoms with E-state index in [0.29, 0.717) is 34.3 Å². The Kier molecular flexibility index (Phi) is 8.36. The fraction of sp³-hybridized carbons (Fsp3) is 0.458. The molecule has 7 nitrogen and oxygen atoms in total. The first-order valence-corrected chi connectivity index (χ1v) is 14.0. The third-order valence-corrected chi connectivity index (χ3v) is 7.55. The van der Waals surface area contributed by atoms with Crippen molar-refractivity contribution in [1.82, 2.24) is 9.88 Å². The van der Waals surface area contributed by atoms with Crippen molar-refractivity contribution in [1.29, 1.82) is 5.26 Å². The zero-order chi connectivity index (χ0) is 24.0. The van der Waals surface area contributed by atoms with Crippen molar-refractivity contribution in [2.75, 3.05) is 44.4 Å². The van der Waals surface area contributed by atoms with Crippen LogP contribution in [-0.4, -0.2) is 57.8 Å². The number of rotatable bonds is 7. The number of anilines is 1. The number of hydrogen-bond donors (Lipinski definition) is 0. The van der Waals surface area contributed by atoms with Crippen molar-refractivity contribution in [3.8, 4) is 6.07 Å². The Labute approximate surface area is 201 Å². The first-order chi connectivity index (χ1) is 15.8. The molecule has 0 radical (unpaired) electrons. The molecule has 1 aromatic heterocycles. The predicted molar refractivity (Wildman–Crippen MR) is 133 cm³/mol. The largest absolute Gasteiger partial charge is 0.364 e. The molecular formula is C24H29N5O2S2. The summed E-state index contributed by atoms with van der Waals surface area (Å²) in [6.07, 6.45) is 2.82. The summed E-state index contributed by atoms with van der Waals surface area (Å²) in [5, 5.41) is 10.5. The minimum absolute atomic E-state index is 0.0207. The van der Waals surface area contributed by atoms with E-state index in [2.05, 4.69) is 27.8 Å². The van der Waals surface area contributed by atoms with Crippen LogP contribution in [0.25, 0.3) is 4.85 Å². The minimum Gasteiger partial charge on any atom is -0.364 e. The SMILES string of the molecule is [C-]#[N+]c1c(N2CCCN(C)CC2)nc(SCc2ccc(CS(C)(=O)=O)cc2)c(C#N)c1CC. The fourth-order valence-corrected chi connectivity index (χ4v) is 5.69. The summed E-state index contributed by atoms with van der Waals surface area (Å²) in [5.74, 6) is 1.30. The molecule has 0 spiro atoms. The Bertz CT molecular complexity index is 1180. The van der Waals surface area contributed by atoms with E-state index in [9.17, 15) is 13.7 Å². The smallest absolute Gasteiger partial charge is 0.232 e. The Hall–Kier alpha value is -2.59. The topological polar surface area (TPSA) is 81.7 Å². The predicted octanol–water partition coefficient (Wildman–Crippen LogP) is 4.05. The third-order valence-electron chi connectivity index (χ3n) is 5.64. The molecule has 0 saturated carbocycles. The van der Waals surface area contributed by atoms with E-state index in [4.69, 9.17) is 11.6 Å². The molecule has 0 unspecified atom stereocenters. The standard InChI is InChI=1S/C24H29N5O2S2/c1-5-20-21(15-25)24(32-16-18-7-9-19(10-8-18)17-33(4,30)31)27-23(22(20)26-2)29-12-6-11-28(3)13-14-29/h7-10H,5-6,11-14,16-17H2,1,3-4H3. The number of aromatic nitrogens is 1. The maximum atomic E-state index is 11.5. The first kappa shape index (κ1) is 25.0. The molecule has 2 heterocycles. The number of thioether (sulfide) groups is 1. The number of nitrogens with zero attached hydrogens (tertiary/aromatic N) is 5. The molecule has 1 aromatic carbocycles. The van der Waals surface area contributed by atoms with Crippen LogP contribution in [-0.2, 0) is 27.8 Å². The van der Waals surface area contributed by atoms with Gasteiger partial charge >= 0.3 is 0 Å². The van der Waals surface area contributed by atoms with Crippen molar-refractivity contribution in [3.05, 3.63) is 57.9 Å². The van der Waals surface area contributed by atoms with E-state index in [0.717, 1.165) is 49.3 Å². The monoisotopic (exact) mass is 483 g/mol. The molecule has 2 aromatic rings. The van der Waals surface area contributed by atoms with E-state index in [1.807, 2.05) is 31.2 Å². The van der Waals surface area contributed by atoms with Crippen LogP contribution in [0.1, 0.15) is 35.6 Å². The maximum Gasteiger partial charge on any atom is 0.232 e. The molecule has 1 saturated heterocycles. The van der Waals surface area contributed by atoms with Gasteiger partial charge < -0.3 is 9.80 Å². The highest BCUT2D eigenvalue weighted by Gasteiger charge is 2.24. The van der Waals surface area contributed by atoms with Crippen LogP contribution < -0.4 is 4.90 Å². The van der Waals surface area contributed by atoms with Crippen LogP contribution in [0.15, 0.2) is 29.3 Å². The summed E-state index contributed by atoms with van der Waals surface area (Å²) in [6, 6.07) is 9.78. The highest BCUT2D eigenvalue weighted by Crippen LogP contribution is 2.39. The van der Waals surface area contributed by atoms with E-state index in [1.54, 1.807) is 0 Å². The van der Waals surface area contributed by atoms with Gasteiger partial charge in [-0.25, -0.2) is 18.2 Å². The molecular weight excluding hydrogens is 454 g/mol. The van der Waals surface area contributed by atoms with Crippen molar-refractivity contribution < 1.29 is 8.42 Å². The summed E-state index contributed by atoms with van der Waals surface area (Å²) in [5.41, 5.74) is 3.52. The first-order valence-electron chi connectivity index (χ1n) is 10.9. The molecule has 1 aliphatic heterocycles. The minimum atomic E-state index is -3.07. The molecule has 9 heteroatoms. The second-order valence-electron chi connectivity index (χ2n) is 8.34. The van der Waals surface area contributed by atoms with Crippen molar-refractivity contribution in [2.45, 2.75) is 36.3 Å². The van der Waals surface area contributed by atoms with Gasteiger partial charge in [-0.2, -0.15) is 5.26 Å². The average Bonchev–Trinajstić information content (AvgIpc) is 3.00. The molecule has 3 rings (SSSR count). The summed E-state index contributed by atoms with van der Waals surface area (Å²) in [4.78, 5) is 13.1. The molecule has 1 aliphatic rings. The van der Waals surface area contributed by atoms with Gasteiger partial charge in [0.15, 0.2) is 9.84 Å². The molecule has 0 N–H and O–H groups in total. The zero-order valence-corrected chi connectivity index (χ0v) is 21.0. The number of sulfone groups is 1. The lowest BCUT2D eigenvalue weighted by atomic mass is 10.1. The maximum absolute atomic E-state index is 11.5. The quantitative estimate of drug-likeness (QED) is 0.434. The Balaban J connectivity index is 1.91. The van der Waals surface area contributed by atoms with Crippen molar-refractivity contribution in [2.24, 2.45) is 0 Å². The number of hydrogen-bond acceptors (Lipinski definition) is 7. The number of pyridine rings is 1. The van der Waals surface area contributed by atoms with Crippen LogP contribution >= 0.6 is 11.8 Å². The van der Waals surface area contributed by atoms with Crippen molar-refractivity contribution in [3.63, 3.8) is 0 Å². The normalized spacial score (nSPS) is 15.0. The van der Waals surface area contributed by atoms with Gasteiger partial charge in [0.05, 0.1) is 17.9 Å². The molecule has 1 fully saturated rings. The summed E-state index contributed by atoms with van der Waals surface area (Å²) < 4.78 is 23.0. The summed E-state index contributed by atoms with van der Waals surface area (Å²) in [6.45, 7) is 13.3. The van der Waals surface area contributed by atoms with Gasteiger partial charge in [-0.3, -0.25) is 0 Å². The Morgan fingerprint density at radius 3 is 2.48 bits per heavy atom. The zero-order valence-electron chi connectivity index (χ0n) is 19.3. The molecule has 0 aliphatic carbocycles. The Morgan fingerprint density at radius 2 is 1.88 bits per heavy atom. The van der Waals surface area contributed by atoms with E-state index < -0.39 is 9.84 Å². The molecule has 174 valence electrons. The van der Waals surface area contributed by atoms with Crippen LogP contribution in [0.2, 0.25) is 0 Å². The van der Waals surface area contributed by atoms with Gasteiger partial charge in [0.2, 0.25) is 5.69 Å². The fourth-order valence-electron chi connectivity index (χ4n) is 3.93. The second kappa shape index (κ2) is 11.0. The van der Waals surface area contributed by atoms with Crippen LogP contribution in [0.3, 0.4) is 0 Å². The lowest BCUT2D eigenvalue weighted by Crippen LogP contribution is -2.29. The Morgan fingerprint density at radius 1 is 1.18 bits per heavy atom. The number of likely N-dealkylation sites (N-methyl/N-ethyl adjacent to an activating group) is 1. The van der Waals surface area contributed by atoms with E-state index in [-0.39, 0.29) is 5.75 Å². The average molecular weight is 484 g/mol. The van der Waals surface area contributed by atoms with Crippen LogP contribution in [0.4, 0.5) is 11.5 Å². The van der Waals surface area contributed by atoms with Gasteiger partial charge in [-0.15, -0.1) is 11.8 Å². The van der Waals surface area contributed by atoms with Gasteiger partial charge in [0, 0.05) is 31.6 Å². The van der Waals surface area contributed by atoms with Gasteiger partial charge in [-0.05, 0) is 43.1 Å². The highest BCUT2D eigenvalue weighted by atomic mass is 32.2. The van der Waals surface area contributed by atoms with E-state index >= 15 is 0 Å². The molecule has 0 bridgehead atoms. The van der Waals surface area contributed by atoms with Crippen LogP contribution in [0.5, 0.6) is 0 Å². The van der Waals surface area contributed by atoms with Crippen molar-refractivity contribution >= 4 is 33.1 Å². The van der Waals surface area contributed by atoms with E-state index in [1.165, 1.54) is 18.0 Å². The third kappa shape index (κ3) is 6.48. The van der Waals surface area contributed by atoms with Gasteiger partial charge in [0.1, 0.15) is 16.9 Å². The van der Waals surface area contributed by atoms with Gasteiger partial charge in [0.25, 0.3) is 0 Å². The number of benzene rings is 1. The van der Waals surface area contributed by atoms with Gasteiger partial charge in [-0.1, -0.05) is 31.2 Å². The molecule has 33 heavy (non-hydrogen) atoms. The number of nitriles is 1. The summed E-state index contributed by atoms with van der Waals surface area (Å²) in [7, 11) is -0.971. The molecule has 0 amide bonds. The summed E-state index contributed by atoms with van der Waals surface area (Å²) >= 11 is 1.48. The lowest BCUT2D eigenvalue weighted by Gasteiger charge is -2.25. The van der Waals surface area contributed by atoms with Crippen LogP contribution in [0, 0.1) is 17.9 Å². The molecule has 0 atom stereocenters. The second-order valence-corrected chi connectivity index (χ2v) is 11.4. The lowest BCUT2D eigenvalue weighted by molar-refractivity contribution is 0.360. The highest BCUT2D eigenvalue weighted by molar-refractivity contribution is 7.98.